The molecule has 0 saturated carbocycles. The average Bonchev–Trinajstić information content (AvgIpc) is 2.03. The summed E-state index contributed by atoms with van der Waals surface area (Å²) in [5.74, 6) is 0. The van der Waals surface area contributed by atoms with E-state index >= 15 is 0 Å². The van der Waals surface area contributed by atoms with Gasteiger partial charge in [0.1, 0.15) is 0 Å². The second-order valence-corrected chi connectivity index (χ2v) is 5.62. The molecule has 0 aliphatic carbocycles. The Labute approximate surface area is 84.2 Å². The summed E-state index contributed by atoms with van der Waals surface area (Å²) in [5, 5.41) is 9.10. The summed E-state index contributed by atoms with van der Waals surface area (Å²) < 4.78 is -0.0895. The Morgan fingerprint density at radius 2 is 2.08 bits per heavy atom. The minimum absolute atomic E-state index is 0.0895. The molecule has 0 aliphatic rings. The van der Waals surface area contributed by atoms with Crippen molar-refractivity contribution in [2.75, 3.05) is 6.61 Å². The second-order valence-electron chi connectivity index (χ2n) is 3.84. The highest BCUT2D eigenvalue weighted by Gasteiger charge is 2.17. The zero-order chi connectivity index (χ0) is 9.90. The molecule has 0 spiro atoms. The molecule has 0 aliphatic heterocycles. The molecule has 1 aromatic carbocycles. The maximum atomic E-state index is 9.10. The van der Waals surface area contributed by atoms with E-state index in [4.69, 9.17) is 5.11 Å². The molecule has 2 heteroatoms. The third-order valence-corrected chi connectivity index (χ3v) is 2.94. The quantitative estimate of drug-likeness (QED) is 0.750. The number of benzene rings is 1. The maximum Gasteiger partial charge on any atom is 0.0576 e. The van der Waals surface area contributed by atoms with Crippen LogP contribution in [0.15, 0.2) is 29.2 Å². The van der Waals surface area contributed by atoms with Crippen molar-refractivity contribution < 1.29 is 5.11 Å². The van der Waals surface area contributed by atoms with Crippen molar-refractivity contribution in [1.82, 2.24) is 0 Å². The number of thioether (sulfide) groups is 1. The highest BCUT2D eigenvalue weighted by Crippen LogP contribution is 2.31. The summed E-state index contributed by atoms with van der Waals surface area (Å²) in [7, 11) is 0. The van der Waals surface area contributed by atoms with Crippen LogP contribution >= 0.6 is 11.8 Å². The van der Waals surface area contributed by atoms with Crippen molar-refractivity contribution >= 4 is 11.8 Å². The molecular weight excluding hydrogens is 180 g/mol. The fourth-order valence-electron chi connectivity index (χ4n) is 1.03. The standard InChI is InChI=1S/C11H16OS/c1-9-5-4-6-10(7-9)13-11(2,3)8-12/h4-7,12H,8H2,1-3H3. The average molecular weight is 196 g/mol. The van der Waals surface area contributed by atoms with E-state index in [1.165, 1.54) is 10.5 Å². The molecule has 13 heavy (non-hydrogen) atoms. The summed E-state index contributed by atoms with van der Waals surface area (Å²) in [5.41, 5.74) is 1.26. The molecule has 0 aromatic heterocycles. The van der Waals surface area contributed by atoms with Crippen molar-refractivity contribution in [3.63, 3.8) is 0 Å². The molecular formula is C11H16OS. The minimum Gasteiger partial charge on any atom is -0.395 e. The number of aryl methyl sites for hydroxylation is 1. The van der Waals surface area contributed by atoms with Gasteiger partial charge in [-0.3, -0.25) is 0 Å². The van der Waals surface area contributed by atoms with Crippen molar-refractivity contribution in [1.29, 1.82) is 0 Å². The Hall–Kier alpha value is -0.470. The van der Waals surface area contributed by atoms with Gasteiger partial charge in [-0.1, -0.05) is 17.7 Å². The molecule has 72 valence electrons. The van der Waals surface area contributed by atoms with Crippen LogP contribution in [0.1, 0.15) is 19.4 Å². The fourth-order valence-corrected chi connectivity index (χ4v) is 2.12. The van der Waals surface area contributed by atoms with Gasteiger partial charge in [-0.25, -0.2) is 0 Å². The van der Waals surface area contributed by atoms with Gasteiger partial charge in [0, 0.05) is 9.64 Å². The predicted octanol–water partition coefficient (Wildman–Crippen LogP) is 2.86. The highest BCUT2D eigenvalue weighted by atomic mass is 32.2. The van der Waals surface area contributed by atoms with Crippen LogP contribution in [0.2, 0.25) is 0 Å². The first kappa shape index (κ1) is 10.6. The zero-order valence-electron chi connectivity index (χ0n) is 8.37. The molecule has 0 saturated heterocycles. The zero-order valence-corrected chi connectivity index (χ0v) is 9.19. The Morgan fingerprint density at radius 1 is 1.38 bits per heavy atom. The Kier molecular flexibility index (Phi) is 3.40. The van der Waals surface area contributed by atoms with E-state index in [2.05, 4.69) is 25.1 Å². The summed E-state index contributed by atoms with van der Waals surface area (Å²) in [6.45, 7) is 6.36. The Bertz CT molecular complexity index is 281. The Morgan fingerprint density at radius 3 is 2.62 bits per heavy atom. The van der Waals surface area contributed by atoms with Crippen LogP contribution in [0.3, 0.4) is 0 Å². The molecule has 0 radical (unpaired) electrons. The normalized spacial score (nSPS) is 11.7. The van der Waals surface area contributed by atoms with Crippen LogP contribution < -0.4 is 0 Å². The highest BCUT2D eigenvalue weighted by molar-refractivity contribution is 8.00. The predicted molar refractivity (Wildman–Crippen MR) is 58.2 cm³/mol. The third kappa shape index (κ3) is 3.41. The van der Waals surface area contributed by atoms with Gasteiger partial charge in [-0.15, -0.1) is 11.8 Å². The monoisotopic (exact) mass is 196 g/mol. The van der Waals surface area contributed by atoms with Gasteiger partial charge in [0.15, 0.2) is 0 Å². The lowest BCUT2D eigenvalue weighted by Gasteiger charge is -2.20. The van der Waals surface area contributed by atoms with Gasteiger partial charge in [0.25, 0.3) is 0 Å². The van der Waals surface area contributed by atoms with Gasteiger partial charge in [0.05, 0.1) is 6.61 Å². The molecule has 0 atom stereocenters. The molecule has 1 N–H and O–H groups in total. The van der Waals surface area contributed by atoms with Gasteiger partial charge < -0.3 is 5.11 Å². The number of aliphatic hydroxyl groups is 1. The van der Waals surface area contributed by atoms with E-state index in [1.54, 1.807) is 11.8 Å². The number of aliphatic hydroxyl groups excluding tert-OH is 1. The van der Waals surface area contributed by atoms with Crippen LogP contribution in [0.5, 0.6) is 0 Å². The van der Waals surface area contributed by atoms with Gasteiger partial charge in [-0.05, 0) is 32.9 Å². The van der Waals surface area contributed by atoms with Gasteiger partial charge in [-0.2, -0.15) is 0 Å². The Balaban J connectivity index is 2.74. The molecule has 0 unspecified atom stereocenters. The largest absolute Gasteiger partial charge is 0.395 e. The van der Waals surface area contributed by atoms with Crippen LogP contribution in [0.25, 0.3) is 0 Å². The molecule has 1 rings (SSSR count). The van der Waals surface area contributed by atoms with E-state index < -0.39 is 0 Å². The van der Waals surface area contributed by atoms with E-state index in [0.717, 1.165) is 0 Å². The first-order valence-electron chi connectivity index (χ1n) is 4.40. The van der Waals surface area contributed by atoms with Crippen molar-refractivity contribution in [2.24, 2.45) is 0 Å². The summed E-state index contributed by atoms with van der Waals surface area (Å²) >= 11 is 1.71. The minimum atomic E-state index is -0.0895. The molecule has 0 amide bonds. The van der Waals surface area contributed by atoms with E-state index in [-0.39, 0.29) is 11.4 Å². The smallest absolute Gasteiger partial charge is 0.0576 e. The lowest BCUT2D eigenvalue weighted by Crippen LogP contribution is -2.19. The van der Waals surface area contributed by atoms with E-state index in [9.17, 15) is 0 Å². The molecule has 0 heterocycles. The maximum absolute atomic E-state index is 9.10. The topological polar surface area (TPSA) is 20.2 Å². The number of rotatable bonds is 3. The number of hydrogen-bond acceptors (Lipinski definition) is 2. The lowest BCUT2D eigenvalue weighted by atomic mass is 10.2. The second kappa shape index (κ2) is 4.16. The molecule has 0 fully saturated rings. The molecule has 1 nitrogen and oxygen atoms in total. The number of hydrogen-bond donors (Lipinski definition) is 1. The van der Waals surface area contributed by atoms with Crippen molar-refractivity contribution in [3.8, 4) is 0 Å². The summed E-state index contributed by atoms with van der Waals surface area (Å²) in [6.07, 6.45) is 0. The van der Waals surface area contributed by atoms with Gasteiger partial charge in [0.2, 0.25) is 0 Å². The van der Waals surface area contributed by atoms with Crippen LogP contribution in [-0.2, 0) is 0 Å². The SMILES string of the molecule is Cc1cccc(SC(C)(C)CO)c1. The summed E-state index contributed by atoms with van der Waals surface area (Å²) in [6, 6.07) is 8.35. The molecule has 0 bridgehead atoms. The first-order chi connectivity index (χ1) is 6.03. The van der Waals surface area contributed by atoms with Crippen molar-refractivity contribution in [2.45, 2.75) is 30.4 Å². The first-order valence-corrected chi connectivity index (χ1v) is 5.22. The van der Waals surface area contributed by atoms with Gasteiger partial charge >= 0.3 is 0 Å². The lowest BCUT2D eigenvalue weighted by molar-refractivity contribution is 0.265. The van der Waals surface area contributed by atoms with Crippen LogP contribution in [-0.4, -0.2) is 16.5 Å². The summed E-state index contributed by atoms with van der Waals surface area (Å²) in [4.78, 5) is 1.22. The van der Waals surface area contributed by atoms with Crippen LogP contribution in [0.4, 0.5) is 0 Å². The van der Waals surface area contributed by atoms with Crippen molar-refractivity contribution in [3.05, 3.63) is 29.8 Å². The third-order valence-electron chi connectivity index (χ3n) is 1.76. The van der Waals surface area contributed by atoms with Crippen LogP contribution in [0, 0.1) is 6.92 Å². The fraction of sp³-hybridized carbons (Fsp3) is 0.455. The molecule has 1 aromatic rings. The van der Waals surface area contributed by atoms with E-state index in [0.29, 0.717) is 0 Å². The van der Waals surface area contributed by atoms with E-state index in [1.807, 2.05) is 19.9 Å².